The van der Waals surface area contributed by atoms with Gasteiger partial charge in [0.1, 0.15) is 5.82 Å². The van der Waals surface area contributed by atoms with E-state index in [0.717, 1.165) is 23.2 Å². The van der Waals surface area contributed by atoms with Gasteiger partial charge in [0, 0.05) is 5.56 Å². The number of amides is 1. The van der Waals surface area contributed by atoms with Gasteiger partial charge in [-0.25, -0.2) is 4.98 Å². The number of nitrogens with zero attached hydrogens (tertiary/aromatic N) is 1. The first-order valence-corrected chi connectivity index (χ1v) is 10.6. The highest BCUT2D eigenvalue weighted by Gasteiger charge is 2.53. The van der Waals surface area contributed by atoms with Crippen LogP contribution in [0.2, 0.25) is 0 Å². The van der Waals surface area contributed by atoms with Gasteiger partial charge in [0.2, 0.25) is 5.91 Å². The minimum absolute atomic E-state index is 0.0332. The SMILES string of the molecule is CCc1cccc(-c2nc(NC(=O)C3(c4ccc5c(c4)OC(F)(F)O5)CC3)ccc2C)c1. The lowest BCUT2D eigenvalue weighted by atomic mass is 9.94. The number of alkyl halides is 2. The van der Waals surface area contributed by atoms with Crippen LogP contribution in [0.5, 0.6) is 11.5 Å². The summed E-state index contributed by atoms with van der Waals surface area (Å²) in [5.41, 5.74) is 3.87. The van der Waals surface area contributed by atoms with Crippen molar-refractivity contribution in [3.8, 4) is 22.8 Å². The van der Waals surface area contributed by atoms with Crippen LogP contribution in [-0.2, 0) is 16.6 Å². The Morgan fingerprint density at radius 1 is 1.06 bits per heavy atom. The summed E-state index contributed by atoms with van der Waals surface area (Å²) in [7, 11) is 0. The first-order valence-electron chi connectivity index (χ1n) is 10.6. The summed E-state index contributed by atoms with van der Waals surface area (Å²) < 4.78 is 35.7. The van der Waals surface area contributed by atoms with Gasteiger partial charge in [0.25, 0.3) is 0 Å². The van der Waals surface area contributed by atoms with Gasteiger partial charge >= 0.3 is 6.29 Å². The average Bonchev–Trinajstić information content (AvgIpc) is 3.52. The Morgan fingerprint density at radius 2 is 1.84 bits per heavy atom. The van der Waals surface area contributed by atoms with Gasteiger partial charge in [-0.2, -0.15) is 0 Å². The predicted molar refractivity (Wildman–Crippen MR) is 116 cm³/mol. The minimum atomic E-state index is -3.68. The molecule has 1 fully saturated rings. The van der Waals surface area contributed by atoms with Crippen molar-refractivity contribution in [1.82, 2.24) is 4.98 Å². The van der Waals surface area contributed by atoms with Crippen molar-refractivity contribution in [2.45, 2.75) is 44.8 Å². The van der Waals surface area contributed by atoms with Crippen molar-refractivity contribution in [2.75, 3.05) is 5.32 Å². The number of ether oxygens (including phenoxy) is 2. The topological polar surface area (TPSA) is 60.5 Å². The van der Waals surface area contributed by atoms with E-state index in [1.807, 2.05) is 25.1 Å². The Kier molecular flexibility index (Phi) is 4.65. The normalized spacial score (nSPS) is 17.1. The largest absolute Gasteiger partial charge is 0.586 e. The molecule has 164 valence electrons. The molecule has 0 saturated heterocycles. The van der Waals surface area contributed by atoms with E-state index in [9.17, 15) is 13.6 Å². The number of nitrogens with one attached hydrogen (secondary N) is 1. The van der Waals surface area contributed by atoms with Gasteiger partial charge in [-0.05, 0) is 67.1 Å². The molecule has 5 nitrogen and oxygen atoms in total. The zero-order valence-electron chi connectivity index (χ0n) is 17.7. The molecular weight excluding hydrogens is 414 g/mol. The number of benzene rings is 2. The molecule has 2 aliphatic rings. The van der Waals surface area contributed by atoms with E-state index in [0.29, 0.717) is 24.2 Å². The molecular formula is C25H22F2N2O3. The number of fused-ring (bicyclic) bond motifs is 1. The zero-order chi connectivity index (χ0) is 22.5. The van der Waals surface area contributed by atoms with Crippen molar-refractivity contribution in [3.63, 3.8) is 0 Å². The van der Waals surface area contributed by atoms with Crippen LogP contribution in [-0.4, -0.2) is 17.2 Å². The number of hydrogen-bond acceptors (Lipinski definition) is 4. The molecule has 3 aromatic rings. The molecule has 1 N–H and O–H groups in total. The number of halogens is 2. The summed E-state index contributed by atoms with van der Waals surface area (Å²) in [6.45, 7) is 4.08. The van der Waals surface area contributed by atoms with Crippen molar-refractivity contribution >= 4 is 11.7 Å². The number of carbonyl (C=O) groups excluding carboxylic acids is 1. The standard InChI is InChI=1S/C25H22F2N2O3/c1-3-16-5-4-6-17(13-16)22-15(2)7-10-21(28-22)29-23(30)24(11-12-24)18-8-9-19-20(14-18)32-25(26,27)31-19/h4-10,13-14H,3,11-12H2,1-2H3,(H,28,29,30). The molecule has 0 bridgehead atoms. The smallest absolute Gasteiger partial charge is 0.395 e. The van der Waals surface area contributed by atoms with Crippen molar-refractivity contribution in [1.29, 1.82) is 0 Å². The van der Waals surface area contributed by atoms with E-state index >= 15 is 0 Å². The molecule has 0 atom stereocenters. The number of aryl methyl sites for hydroxylation is 2. The van der Waals surface area contributed by atoms with Gasteiger partial charge in [0.05, 0.1) is 11.1 Å². The Labute approximate surface area is 184 Å². The number of rotatable bonds is 5. The molecule has 1 amide bonds. The van der Waals surface area contributed by atoms with Crippen LogP contribution in [0.15, 0.2) is 54.6 Å². The summed E-state index contributed by atoms with van der Waals surface area (Å²) in [4.78, 5) is 17.9. The third-order valence-electron chi connectivity index (χ3n) is 6.09. The van der Waals surface area contributed by atoms with E-state index in [-0.39, 0.29) is 17.4 Å². The molecule has 1 aliphatic carbocycles. The van der Waals surface area contributed by atoms with E-state index in [1.54, 1.807) is 12.1 Å². The molecule has 0 unspecified atom stereocenters. The Hall–Kier alpha value is -3.48. The third-order valence-corrected chi connectivity index (χ3v) is 6.09. The van der Waals surface area contributed by atoms with Crippen molar-refractivity contribution < 1.29 is 23.0 Å². The van der Waals surface area contributed by atoms with Gasteiger partial charge < -0.3 is 14.8 Å². The molecule has 2 aromatic carbocycles. The monoisotopic (exact) mass is 436 g/mol. The quantitative estimate of drug-likeness (QED) is 0.565. The maximum absolute atomic E-state index is 13.4. The second kappa shape index (κ2) is 7.29. The molecule has 7 heteroatoms. The fourth-order valence-electron chi connectivity index (χ4n) is 4.08. The summed E-state index contributed by atoms with van der Waals surface area (Å²) in [6, 6.07) is 16.4. The van der Waals surface area contributed by atoms with Crippen LogP contribution >= 0.6 is 0 Å². The molecule has 1 aliphatic heterocycles. The number of hydrogen-bond donors (Lipinski definition) is 1. The molecule has 1 aromatic heterocycles. The van der Waals surface area contributed by atoms with Crippen molar-refractivity contribution in [3.05, 3.63) is 71.3 Å². The maximum atomic E-state index is 13.4. The third kappa shape index (κ3) is 3.57. The fraction of sp³-hybridized carbons (Fsp3) is 0.280. The van der Waals surface area contributed by atoms with Crippen LogP contribution in [0.25, 0.3) is 11.3 Å². The Morgan fingerprint density at radius 3 is 2.59 bits per heavy atom. The second-order valence-corrected chi connectivity index (χ2v) is 8.28. The van der Waals surface area contributed by atoms with Crippen LogP contribution in [0.4, 0.5) is 14.6 Å². The first-order chi connectivity index (χ1) is 15.3. The zero-order valence-corrected chi connectivity index (χ0v) is 17.7. The highest BCUT2D eigenvalue weighted by molar-refractivity contribution is 6.01. The molecule has 5 rings (SSSR count). The number of carbonyl (C=O) groups is 1. The highest BCUT2D eigenvalue weighted by Crippen LogP contribution is 2.52. The number of anilines is 1. The lowest BCUT2D eigenvalue weighted by Crippen LogP contribution is -2.28. The van der Waals surface area contributed by atoms with Gasteiger partial charge in [-0.1, -0.05) is 37.3 Å². The molecule has 32 heavy (non-hydrogen) atoms. The van der Waals surface area contributed by atoms with Crippen LogP contribution < -0.4 is 14.8 Å². The number of pyridine rings is 1. The van der Waals surface area contributed by atoms with Crippen LogP contribution in [0.3, 0.4) is 0 Å². The van der Waals surface area contributed by atoms with Crippen LogP contribution in [0, 0.1) is 6.92 Å². The highest BCUT2D eigenvalue weighted by atomic mass is 19.3. The Bertz CT molecular complexity index is 1220. The van der Waals surface area contributed by atoms with E-state index < -0.39 is 11.7 Å². The van der Waals surface area contributed by atoms with Crippen LogP contribution in [0.1, 0.15) is 36.5 Å². The van der Waals surface area contributed by atoms with Crippen molar-refractivity contribution in [2.24, 2.45) is 0 Å². The minimum Gasteiger partial charge on any atom is -0.395 e. The lowest BCUT2D eigenvalue weighted by molar-refractivity contribution is -0.286. The lowest BCUT2D eigenvalue weighted by Gasteiger charge is -2.17. The summed E-state index contributed by atoms with van der Waals surface area (Å²) in [6.07, 6.45) is -1.53. The Balaban J connectivity index is 1.40. The van der Waals surface area contributed by atoms with Gasteiger partial charge in [0.15, 0.2) is 11.5 Å². The average molecular weight is 436 g/mol. The molecule has 1 saturated carbocycles. The van der Waals surface area contributed by atoms with E-state index in [1.165, 1.54) is 17.7 Å². The van der Waals surface area contributed by atoms with E-state index in [4.69, 9.17) is 4.98 Å². The van der Waals surface area contributed by atoms with E-state index in [2.05, 4.69) is 33.8 Å². The molecule has 0 radical (unpaired) electrons. The summed E-state index contributed by atoms with van der Waals surface area (Å²) >= 11 is 0. The predicted octanol–water partition coefficient (Wildman–Crippen LogP) is 5.61. The second-order valence-electron chi connectivity index (χ2n) is 8.28. The van der Waals surface area contributed by atoms with Gasteiger partial charge in [-0.3, -0.25) is 4.79 Å². The number of aromatic nitrogens is 1. The summed E-state index contributed by atoms with van der Waals surface area (Å²) in [5.74, 6) is 0.149. The first kappa shape index (κ1) is 20.4. The summed E-state index contributed by atoms with van der Waals surface area (Å²) in [5, 5.41) is 2.92. The maximum Gasteiger partial charge on any atom is 0.586 e. The molecule has 0 spiro atoms. The fourth-order valence-corrected chi connectivity index (χ4v) is 4.08. The van der Waals surface area contributed by atoms with Gasteiger partial charge in [-0.15, -0.1) is 8.78 Å². The molecule has 2 heterocycles.